The molecule has 2 aromatic rings. The van der Waals surface area contributed by atoms with Crippen LogP contribution in [0.5, 0.6) is 0 Å². The number of aromatic amines is 1. The first-order valence-electron chi connectivity index (χ1n) is 13.0. The summed E-state index contributed by atoms with van der Waals surface area (Å²) in [6, 6.07) is 10.6. The number of hydrogen-bond donors (Lipinski definition) is 2. The Labute approximate surface area is 195 Å². The molecular formula is C28H45N2O2+. The van der Waals surface area contributed by atoms with Gasteiger partial charge in [0.1, 0.15) is 17.6 Å². The normalized spacial score (nSPS) is 11.2. The molecule has 1 heterocycles. The third-order valence-electron chi connectivity index (χ3n) is 6.41. The van der Waals surface area contributed by atoms with E-state index in [1.165, 1.54) is 101 Å². The molecule has 0 saturated heterocycles. The van der Waals surface area contributed by atoms with Gasteiger partial charge in [0.05, 0.1) is 0 Å². The molecular weight excluding hydrogens is 396 g/mol. The molecule has 2 N–H and O–H groups in total. The number of rotatable bonds is 19. The molecule has 0 bridgehead atoms. The Hall–Kier alpha value is -2.10. The van der Waals surface area contributed by atoms with Crippen LogP contribution in [0.25, 0.3) is 5.69 Å². The van der Waals surface area contributed by atoms with Crippen LogP contribution in [-0.4, -0.2) is 16.1 Å². The van der Waals surface area contributed by atoms with Gasteiger partial charge in [-0.05, 0) is 25.0 Å². The Kier molecular flexibility index (Phi) is 13.5. The van der Waals surface area contributed by atoms with Gasteiger partial charge in [-0.1, -0.05) is 102 Å². The second-order valence-electron chi connectivity index (χ2n) is 9.23. The van der Waals surface area contributed by atoms with Crippen LogP contribution in [0.4, 0.5) is 0 Å². The molecule has 0 unspecified atom stereocenters. The summed E-state index contributed by atoms with van der Waals surface area (Å²) >= 11 is 0. The number of carboxylic acids is 1. The SMILES string of the molecule is Cc1[nH]cc(CCCCCCCCCCCCCCCCCC(=O)O)[n+]1-c1ccccc1. The minimum atomic E-state index is -0.659. The number of carbonyl (C=O) groups is 1. The van der Waals surface area contributed by atoms with Crippen molar-refractivity contribution >= 4 is 5.97 Å². The number of benzene rings is 1. The molecule has 0 radical (unpaired) electrons. The number of imidazole rings is 1. The molecule has 1 aromatic heterocycles. The van der Waals surface area contributed by atoms with Gasteiger partial charge in [-0.25, -0.2) is 4.98 Å². The molecule has 4 nitrogen and oxygen atoms in total. The van der Waals surface area contributed by atoms with E-state index in [-0.39, 0.29) is 0 Å². The van der Waals surface area contributed by atoms with E-state index in [1.807, 2.05) is 0 Å². The Bertz CT molecular complexity index is 739. The molecule has 0 atom stereocenters. The van der Waals surface area contributed by atoms with Crippen LogP contribution >= 0.6 is 0 Å². The Morgan fingerprint density at radius 2 is 1.22 bits per heavy atom. The van der Waals surface area contributed by atoms with Gasteiger partial charge in [0, 0.05) is 19.8 Å². The minimum Gasteiger partial charge on any atom is -0.481 e. The lowest BCUT2D eigenvalue weighted by molar-refractivity contribution is -0.609. The largest absolute Gasteiger partial charge is 0.481 e. The van der Waals surface area contributed by atoms with E-state index in [4.69, 9.17) is 5.11 Å². The molecule has 0 aliphatic carbocycles. The number of aryl methyl sites for hydroxylation is 2. The molecule has 178 valence electrons. The van der Waals surface area contributed by atoms with Crippen molar-refractivity contribution in [2.75, 3.05) is 0 Å². The molecule has 0 aliphatic rings. The van der Waals surface area contributed by atoms with Crippen molar-refractivity contribution in [2.45, 2.75) is 116 Å². The van der Waals surface area contributed by atoms with Gasteiger partial charge in [-0.15, -0.1) is 0 Å². The van der Waals surface area contributed by atoms with E-state index in [0.29, 0.717) is 6.42 Å². The molecule has 0 aliphatic heterocycles. The van der Waals surface area contributed by atoms with Crippen molar-refractivity contribution in [3.8, 4) is 5.69 Å². The van der Waals surface area contributed by atoms with E-state index >= 15 is 0 Å². The highest BCUT2D eigenvalue weighted by Gasteiger charge is 2.15. The number of H-pyrrole nitrogens is 1. The third kappa shape index (κ3) is 11.0. The molecule has 0 amide bonds. The lowest BCUT2D eigenvalue weighted by Gasteiger charge is -2.04. The number of unbranched alkanes of at least 4 members (excludes halogenated alkanes) is 14. The zero-order chi connectivity index (χ0) is 22.9. The highest BCUT2D eigenvalue weighted by Crippen LogP contribution is 2.14. The lowest BCUT2D eigenvalue weighted by Crippen LogP contribution is -2.36. The van der Waals surface area contributed by atoms with Gasteiger partial charge >= 0.3 is 5.97 Å². The summed E-state index contributed by atoms with van der Waals surface area (Å²) in [5.74, 6) is 0.537. The Morgan fingerprint density at radius 1 is 0.750 bits per heavy atom. The highest BCUT2D eigenvalue weighted by atomic mass is 16.4. The van der Waals surface area contributed by atoms with Crippen LogP contribution in [0.15, 0.2) is 36.5 Å². The van der Waals surface area contributed by atoms with Crippen LogP contribution < -0.4 is 4.57 Å². The van der Waals surface area contributed by atoms with Crippen molar-refractivity contribution in [3.63, 3.8) is 0 Å². The van der Waals surface area contributed by atoms with Crippen molar-refractivity contribution in [3.05, 3.63) is 48.0 Å². The number of para-hydroxylation sites is 1. The summed E-state index contributed by atoms with van der Waals surface area (Å²) < 4.78 is 2.35. The molecule has 0 saturated carbocycles. The Balaban J connectivity index is 1.39. The summed E-state index contributed by atoms with van der Waals surface area (Å²) in [6.07, 6.45) is 22.9. The fourth-order valence-corrected chi connectivity index (χ4v) is 4.53. The van der Waals surface area contributed by atoms with Crippen molar-refractivity contribution < 1.29 is 14.5 Å². The zero-order valence-corrected chi connectivity index (χ0v) is 20.3. The van der Waals surface area contributed by atoms with Gasteiger partial charge in [0.15, 0.2) is 0 Å². The van der Waals surface area contributed by atoms with Gasteiger partial charge in [0.2, 0.25) is 0 Å². The van der Waals surface area contributed by atoms with E-state index < -0.39 is 5.97 Å². The standard InChI is InChI=1S/C28H44N2O2/c1-25-29-24-27(30(25)26-20-17-15-18-21-26)22-16-13-11-9-7-5-3-2-4-6-8-10-12-14-19-23-28(31)32/h15,17-18,20-21,24H,2-14,16,19,22-23H2,1H3,(H,31,32)/p+1. The summed E-state index contributed by atoms with van der Waals surface area (Å²) in [5, 5.41) is 8.62. The summed E-state index contributed by atoms with van der Waals surface area (Å²) in [4.78, 5) is 13.8. The van der Waals surface area contributed by atoms with Crippen LogP contribution in [0.1, 0.15) is 114 Å². The van der Waals surface area contributed by atoms with Crippen molar-refractivity contribution in [1.82, 2.24) is 4.98 Å². The molecule has 1 aromatic carbocycles. The quantitative estimate of drug-likeness (QED) is 0.175. The van der Waals surface area contributed by atoms with Crippen molar-refractivity contribution in [2.24, 2.45) is 0 Å². The van der Waals surface area contributed by atoms with E-state index in [9.17, 15) is 4.79 Å². The smallest absolute Gasteiger partial charge is 0.303 e. The summed E-state index contributed by atoms with van der Waals surface area (Å²) in [5.41, 5.74) is 2.63. The first-order chi connectivity index (χ1) is 15.7. The second kappa shape index (κ2) is 16.5. The maximum absolute atomic E-state index is 10.5. The first kappa shape index (κ1) is 26.2. The summed E-state index contributed by atoms with van der Waals surface area (Å²) in [6.45, 7) is 2.14. The second-order valence-corrected chi connectivity index (χ2v) is 9.23. The average Bonchev–Trinajstić information content (AvgIpc) is 3.16. The highest BCUT2D eigenvalue weighted by molar-refractivity contribution is 5.66. The average molecular weight is 442 g/mol. The van der Waals surface area contributed by atoms with E-state index in [2.05, 4.69) is 53.0 Å². The molecule has 4 heteroatoms. The number of aliphatic carboxylic acids is 1. The van der Waals surface area contributed by atoms with Crippen molar-refractivity contribution in [1.29, 1.82) is 0 Å². The minimum absolute atomic E-state index is 0.334. The molecule has 0 spiro atoms. The van der Waals surface area contributed by atoms with E-state index in [0.717, 1.165) is 19.3 Å². The van der Waals surface area contributed by atoms with Gasteiger partial charge in [-0.2, -0.15) is 4.57 Å². The number of hydrogen-bond acceptors (Lipinski definition) is 1. The maximum atomic E-state index is 10.5. The van der Waals surface area contributed by atoms with Gasteiger partial charge < -0.3 is 5.11 Å². The fraction of sp³-hybridized carbons (Fsp3) is 0.643. The first-order valence-corrected chi connectivity index (χ1v) is 13.0. The topological polar surface area (TPSA) is 57.0 Å². The summed E-state index contributed by atoms with van der Waals surface area (Å²) in [7, 11) is 0. The number of nitrogens with one attached hydrogen (secondary N) is 1. The number of aromatic nitrogens is 2. The van der Waals surface area contributed by atoms with Crippen LogP contribution in [0.3, 0.4) is 0 Å². The third-order valence-corrected chi connectivity index (χ3v) is 6.41. The van der Waals surface area contributed by atoms with Crippen LogP contribution in [0, 0.1) is 6.92 Å². The zero-order valence-electron chi connectivity index (χ0n) is 20.3. The number of nitrogens with zero attached hydrogens (tertiary/aromatic N) is 1. The van der Waals surface area contributed by atoms with E-state index in [1.54, 1.807) is 0 Å². The van der Waals surface area contributed by atoms with Gasteiger partial charge in [-0.3, -0.25) is 4.79 Å². The fourth-order valence-electron chi connectivity index (χ4n) is 4.53. The number of carboxylic acid groups (broad SMARTS) is 1. The molecule has 0 fully saturated rings. The maximum Gasteiger partial charge on any atom is 0.303 e. The van der Waals surface area contributed by atoms with Crippen LogP contribution in [-0.2, 0) is 11.2 Å². The predicted molar refractivity (Wildman–Crippen MR) is 132 cm³/mol. The van der Waals surface area contributed by atoms with Crippen LogP contribution in [0.2, 0.25) is 0 Å². The predicted octanol–water partition coefficient (Wildman–Crippen LogP) is 7.47. The lowest BCUT2D eigenvalue weighted by atomic mass is 10.0. The molecule has 32 heavy (non-hydrogen) atoms. The Morgan fingerprint density at radius 3 is 1.72 bits per heavy atom. The monoisotopic (exact) mass is 441 g/mol. The van der Waals surface area contributed by atoms with Gasteiger partial charge in [0.25, 0.3) is 5.82 Å². The molecule has 2 rings (SSSR count).